The van der Waals surface area contributed by atoms with Crippen LogP contribution < -0.4 is 0 Å². The summed E-state index contributed by atoms with van der Waals surface area (Å²) in [6, 6.07) is 0. The molecule has 10 heavy (non-hydrogen) atoms. The molecule has 0 spiro atoms. The third-order valence-corrected chi connectivity index (χ3v) is 2.74. The molecule has 3 unspecified atom stereocenters. The van der Waals surface area contributed by atoms with E-state index in [-0.39, 0.29) is 16.1 Å². The first-order valence-corrected chi connectivity index (χ1v) is 4.53. The van der Waals surface area contributed by atoms with E-state index in [1.165, 1.54) is 5.54 Å². The maximum Gasteiger partial charge on any atom is 0.0705 e. The van der Waals surface area contributed by atoms with Gasteiger partial charge in [0.2, 0.25) is 0 Å². The second-order valence-electron chi connectivity index (χ2n) is 1.88. The predicted molar refractivity (Wildman–Crippen MR) is 49.6 cm³/mol. The van der Waals surface area contributed by atoms with Gasteiger partial charge in [0.1, 0.15) is 0 Å². The summed E-state index contributed by atoms with van der Waals surface area (Å²) in [4.78, 5) is 0. The van der Waals surface area contributed by atoms with Crippen molar-refractivity contribution in [3.8, 4) is 0 Å². The third-order valence-electron chi connectivity index (χ3n) is 1.000. The van der Waals surface area contributed by atoms with Crippen molar-refractivity contribution in [2.45, 2.75) is 23.1 Å². The number of allylic oxidation sites excluding steroid dienone is 1. The minimum Gasteiger partial charge on any atom is -0.122 e. The number of hydrogen-bond donors (Lipinski definition) is 0. The van der Waals surface area contributed by atoms with Gasteiger partial charge in [0.25, 0.3) is 0 Å². The van der Waals surface area contributed by atoms with Crippen LogP contribution in [0.1, 0.15) is 6.92 Å². The van der Waals surface area contributed by atoms with Crippen LogP contribution >= 0.6 is 46.4 Å². The van der Waals surface area contributed by atoms with Crippen molar-refractivity contribution in [3.05, 3.63) is 11.6 Å². The molecule has 0 aliphatic rings. The van der Waals surface area contributed by atoms with Crippen LogP contribution in [0.2, 0.25) is 0 Å². The largest absolute Gasteiger partial charge is 0.122 e. The molecular formula is C6H8Cl4. The van der Waals surface area contributed by atoms with Gasteiger partial charge in [-0.25, -0.2) is 0 Å². The number of hydrogen-bond acceptors (Lipinski definition) is 0. The summed E-state index contributed by atoms with van der Waals surface area (Å²) in [5, 5.41) is -0.734. The fraction of sp³-hybridized carbons (Fsp3) is 0.667. The first-order chi connectivity index (χ1) is 4.59. The third kappa shape index (κ3) is 3.92. The molecule has 0 aliphatic carbocycles. The van der Waals surface area contributed by atoms with Crippen LogP contribution in [-0.4, -0.2) is 16.1 Å². The Kier molecular flexibility index (Phi) is 6.04. The highest BCUT2D eigenvalue weighted by molar-refractivity contribution is 6.35. The van der Waals surface area contributed by atoms with Gasteiger partial charge in [-0.1, -0.05) is 17.7 Å². The normalized spacial score (nSPS) is 20.9. The van der Waals surface area contributed by atoms with Crippen LogP contribution in [0.3, 0.4) is 0 Å². The first kappa shape index (κ1) is 10.9. The van der Waals surface area contributed by atoms with E-state index in [0.717, 1.165) is 0 Å². The molecule has 0 rings (SSSR count). The lowest BCUT2D eigenvalue weighted by Crippen LogP contribution is -2.21. The summed E-state index contributed by atoms with van der Waals surface area (Å²) in [5.74, 6) is 0. The van der Waals surface area contributed by atoms with E-state index in [2.05, 4.69) is 0 Å². The lowest BCUT2D eigenvalue weighted by atomic mass is 10.2. The van der Waals surface area contributed by atoms with E-state index in [4.69, 9.17) is 46.4 Å². The molecule has 60 valence electrons. The Hall–Kier alpha value is 0.900. The molecule has 0 aliphatic heterocycles. The Morgan fingerprint density at radius 1 is 1.20 bits per heavy atom. The molecule has 0 amide bonds. The van der Waals surface area contributed by atoms with Gasteiger partial charge < -0.3 is 0 Å². The molecule has 0 saturated carbocycles. The number of alkyl halides is 3. The second-order valence-corrected chi connectivity index (χ2v) is 3.83. The molecule has 0 saturated heterocycles. The molecule has 0 heterocycles. The van der Waals surface area contributed by atoms with Gasteiger partial charge in [-0.15, -0.1) is 34.8 Å². The van der Waals surface area contributed by atoms with Crippen LogP contribution in [0, 0.1) is 0 Å². The molecule has 0 aromatic heterocycles. The molecule has 0 N–H and O–H groups in total. The second kappa shape index (κ2) is 5.54. The van der Waals surface area contributed by atoms with E-state index < -0.39 is 0 Å². The Balaban J connectivity index is 3.81. The lowest BCUT2D eigenvalue weighted by molar-refractivity contribution is 0.840. The highest BCUT2D eigenvalue weighted by Crippen LogP contribution is 2.19. The highest BCUT2D eigenvalue weighted by atomic mass is 35.5. The lowest BCUT2D eigenvalue weighted by Gasteiger charge is -2.13. The molecule has 4 heteroatoms. The van der Waals surface area contributed by atoms with Crippen molar-refractivity contribution >= 4 is 46.4 Å². The Labute approximate surface area is 81.1 Å². The average Bonchev–Trinajstić information content (AvgIpc) is 1.87. The Morgan fingerprint density at radius 2 is 1.70 bits per heavy atom. The number of rotatable bonds is 3. The molecule has 0 bridgehead atoms. The monoisotopic (exact) mass is 220 g/mol. The van der Waals surface area contributed by atoms with Gasteiger partial charge in [-0.05, 0) is 6.92 Å². The van der Waals surface area contributed by atoms with Crippen molar-refractivity contribution in [2.24, 2.45) is 0 Å². The van der Waals surface area contributed by atoms with Crippen LogP contribution in [0.4, 0.5) is 0 Å². The van der Waals surface area contributed by atoms with Gasteiger partial charge in [0.15, 0.2) is 0 Å². The van der Waals surface area contributed by atoms with Crippen LogP contribution in [0.25, 0.3) is 0 Å². The summed E-state index contributed by atoms with van der Waals surface area (Å²) >= 11 is 22.5. The minimum atomic E-state index is -0.299. The average molecular weight is 222 g/mol. The Morgan fingerprint density at radius 3 is 2.00 bits per heavy atom. The summed E-state index contributed by atoms with van der Waals surface area (Å²) in [5.41, 5.74) is 1.34. The molecule has 0 nitrogen and oxygen atoms in total. The van der Waals surface area contributed by atoms with Gasteiger partial charge in [-0.3, -0.25) is 0 Å². The molecular weight excluding hydrogens is 214 g/mol. The molecule has 0 aromatic carbocycles. The first-order valence-electron chi connectivity index (χ1n) is 2.78. The van der Waals surface area contributed by atoms with Crippen molar-refractivity contribution in [3.63, 3.8) is 0 Å². The van der Waals surface area contributed by atoms with E-state index >= 15 is 0 Å². The molecule has 0 radical (unpaired) electrons. The van der Waals surface area contributed by atoms with E-state index in [0.29, 0.717) is 0 Å². The standard InChI is InChI=1S/C6H8Cl4/c1-4(8)6(10)5(9)2-3-7/h2-6H,1H3/b3-2+. The topological polar surface area (TPSA) is 0 Å². The molecule has 0 fully saturated rings. The summed E-state index contributed by atoms with van der Waals surface area (Å²) in [7, 11) is 0. The van der Waals surface area contributed by atoms with Crippen molar-refractivity contribution in [2.75, 3.05) is 0 Å². The van der Waals surface area contributed by atoms with Gasteiger partial charge in [-0.2, -0.15) is 0 Å². The minimum absolute atomic E-state index is 0.156. The highest BCUT2D eigenvalue weighted by Gasteiger charge is 2.18. The van der Waals surface area contributed by atoms with Gasteiger partial charge >= 0.3 is 0 Å². The summed E-state index contributed by atoms with van der Waals surface area (Å²) < 4.78 is 0. The fourth-order valence-corrected chi connectivity index (χ4v) is 1.27. The maximum atomic E-state index is 5.77. The Bertz CT molecular complexity index is 110. The predicted octanol–water partition coefficient (Wildman–Crippen LogP) is 3.58. The van der Waals surface area contributed by atoms with E-state index in [1.807, 2.05) is 0 Å². The van der Waals surface area contributed by atoms with Crippen molar-refractivity contribution < 1.29 is 0 Å². The zero-order chi connectivity index (χ0) is 8.15. The van der Waals surface area contributed by atoms with E-state index in [9.17, 15) is 0 Å². The maximum absolute atomic E-state index is 5.77. The number of halogens is 4. The zero-order valence-corrected chi connectivity index (χ0v) is 8.42. The zero-order valence-electron chi connectivity index (χ0n) is 5.40. The summed E-state index contributed by atoms with van der Waals surface area (Å²) in [6.07, 6.45) is 1.60. The molecule has 3 atom stereocenters. The van der Waals surface area contributed by atoms with Crippen LogP contribution in [0.15, 0.2) is 11.6 Å². The van der Waals surface area contributed by atoms with Crippen molar-refractivity contribution in [1.82, 2.24) is 0 Å². The quantitative estimate of drug-likeness (QED) is 0.640. The van der Waals surface area contributed by atoms with E-state index in [1.54, 1.807) is 13.0 Å². The van der Waals surface area contributed by atoms with Gasteiger partial charge in [0.05, 0.1) is 10.8 Å². The SMILES string of the molecule is CC(Cl)C(Cl)C(Cl)/C=C/Cl. The van der Waals surface area contributed by atoms with Crippen LogP contribution in [0.5, 0.6) is 0 Å². The summed E-state index contributed by atoms with van der Waals surface area (Å²) in [6.45, 7) is 1.79. The van der Waals surface area contributed by atoms with Crippen LogP contribution in [-0.2, 0) is 0 Å². The van der Waals surface area contributed by atoms with Gasteiger partial charge in [0, 0.05) is 10.9 Å². The smallest absolute Gasteiger partial charge is 0.0705 e. The fourth-order valence-electron chi connectivity index (χ4n) is 0.429. The molecule has 0 aromatic rings. The van der Waals surface area contributed by atoms with Crippen molar-refractivity contribution in [1.29, 1.82) is 0 Å².